The summed E-state index contributed by atoms with van der Waals surface area (Å²) in [5, 5.41) is 2.60. The van der Waals surface area contributed by atoms with Crippen LogP contribution in [0.15, 0.2) is 83.8 Å². The van der Waals surface area contributed by atoms with E-state index in [1.807, 2.05) is 0 Å². The summed E-state index contributed by atoms with van der Waals surface area (Å²) in [6.07, 6.45) is 1.05. The lowest BCUT2D eigenvalue weighted by molar-refractivity contribution is -0.114. The van der Waals surface area contributed by atoms with Crippen LogP contribution in [0.1, 0.15) is 0 Å². The fourth-order valence-corrected chi connectivity index (χ4v) is 4.86. The molecule has 0 aromatic heterocycles. The Morgan fingerprint density at radius 1 is 0.879 bits per heavy atom. The molecule has 0 unspecified atom stereocenters. The standard InChI is InChI=1S/C22H22FN3O5S2/c1-25(32(2,28)29)20-10-6-7-18(15-20)24-22(27)16-26(19-8-4-3-5-9-19)33(30,31)21-13-11-17(23)12-14-21/h3-15H,16H2,1-2H3,(H,24,27). The van der Waals surface area contributed by atoms with E-state index in [-0.39, 0.29) is 10.6 Å². The molecule has 0 aliphatic carbocycles. The second-order valence-electron chi connectivity index (χ2n) is 7.13. The zero-order valence-electron chi connectivity index (χ0n) is 17.8. The van der Waals surface area contributed by atoms with Gasteiger partial charge in [-0.3, -0.25) is 13.4 Å². The lowest BCUT2D eigenvalue weighted by Crippen LogP contribution is -2.38. The van der Waals surface area contributed by atoms with Crippen LogP contribution in [0.2, 0.25) is 0 Å². The van der Waals surface area contributed by atoms with Crippen LogP contribution >= 0.6 is 0 Å². The van der Waals surface area contributed by atoms with Gasteiger partial charge in [-0.15, -0.1) is 0 Å². The zero-order valence-corrected chi connectivity index (χ0v) is 19.5. The molecule has 3 aromatic rings. The summed E-state index contributed by atoms with van der Waals surface area (Å²) in [5.74, 6) is -1.24. The maximum atomic E-state index is 13.3. The Balaban J connectivity index is 1.89. The fraction of sp³-hybridized carbons (Fsp3) is 0.136. The van der Waals surface area contributed by atoms with Gasteiger partial charge in [0.2, 0.25) is 15.9 Å². The van der Waals surface area contributed by atoms with Crippen LogP contribution < -0.4 is 13.9 Å². The average Bonchev–Trinajstić information content (AvgIpc) is 2.77. The van der Waals surface area contributed by atoms with Crippen molar-refractivity contribution in [3.05, 3.63) is 84.7 Å². The first kappa shape index (κ1) is 24.2. The van der Waals surface area contributed by atoms with Crippen LogP contribution in [-0.4, -0.2) is 42.6 Å². The number of anilines is 3. The molecule has 0 saturated heterocycles. The van der Waals surface area contributed by atoms with Crippen LogP contribution in [0.4, 0.5) is 21.5 Å². The summed E-state index contributed by atoms with van der Waals surface area (Å²) in [6.45, 7) is -0.560. The maximum Gasteiger partial charge on any atom is 0.264 e. The minimum absolute atomic E-state index is 0.169. The van der Waals surface area contributed by atoms with Gasteiger partial charge in [-0.1, -0.05) is 24.3 Å². The SMILES string of the molecule is CN(c1cccc(NC(=O)CN(c2ccccc2)S(=O)(=O)c2ccc(F)cc2)c1)S(C)(=O)=O. The number of para-hydroxylation sites is 1. The van der Waals surface area contributed by atoms with Crippen LogP contribution in [0.5, 0.6) is 0 Å². The van der Waals surface area contributed by atoms with Gasteiger partial charge in [0, 0.05) is 12.7 Å². The van der Waals surface area contributed by atoms with Crippen molar-refractivity contribution < 1.29 is 26.0 Å². The third-order valence-electron chi connectivity index (χ3n) is 4.72. The molecule has 0 saturated carbocycles. The number of hydrogen-bond acceptors (Lipinski definition) is 5. The molecule has 0 aliphatic rings. The molecule has 3 rings (SSSR count). The van der Waals surface area contributed by atoms with Crippen molar-refractivity contribution in [1.29, 1.82) is 0 Å². The predicted molar refractivity (Wildman–Crippen MR) is 126 cm³/mol. The highest BCUT2D eigenvalue weighted by Gasteiger charge is 2.27. The van der Waals surface area contributed by atoms with Crippen LogP contribution in [-0.2, 0) is 24.8 Å². The molecule has 0 heterocycles. The summed E-state index contributed by atoms with van der Waals surface area (Å²) in [5.41, 5.74) is 0.872. The van der Waals surface area contributed by atoms with Crippen molar-refractivity contribution in [2.24, 2.45) is 0 Å². The van der Waals surface area contributed by atoms with Crippen molar-refractivity contribution in [1.82, 2.24) is 0 Å². The zero-order chi connectivity index (χ0) is 24.2. The molecule has 174 valence electrons. The van der Waals surface area contributed by atoms with E-state index in [1.165, 1.54) is 25.2 Å². The number of nitrogens with zero attached hydrogens (tertiary/aromatic N) is 2. The number of halogens is 1. The fourth-order valence-electron chi connectivity index (χ4n) is 2.95. The third-order valence-corrected chi connectivity index (χ3v) is 7.72. The second kappa shape index (κ2) is 9.59. The van der Waals surface area contributed by atoms with E-state index < -0.39 is 38.3 Å². The molecule has 0 radical (unpaired) electrons. The van der Waals surface area contributed by atoms with Crippen LogP contribution in [0, 0.1) is 5.82 Å². The Bertz CT molecular complexity index is 1350. The minimum Gasteiger partial charge on any atom is -0.324 e. The molecule has 0 bridgehead atoms. The first-order chi connectivity index (χ1) is 15.5. The number of hydrogen-bond donors (Lipinski definition) is 1. The highest BCUT2D eigenvalue weighted by Crippen LogP contribution is 2.24. The molecule has 0 aliphatic heterocycles. The van der Waals surface area contributed by atoms with Gasteiger partial charge in [0.15, 0.2) is 0 Å². The van der Waals surface area contributed by atoms with E-state index in [0.717, 1.165) is 39.1 Å². The molecule has 11 heteroatoms. The van der Waals surface area contributed by atoms with Gasteiger partial charge >= 0.3 is 0 Å². The first-order valence-corrected chi connectivity index (χ1v) is 12.9. The largest absolute Gasteiger partial charge is 0.324 e. The van der Waals surface area contributed by atoms with Crippen molar-refractivity contribution >= 4 is 43.0 Å². The van der Waals surface area contributed by atoms with Crippen molar-refractivity contribution in [2.45, 2.75) is 4.90 Å². The van der Waals surface area contributed by atoms with E-state index in [9.17, 15) is 26.0 Å². The van der Waals surface area contributed by atoms with E-state index in [4.69, 9.17) is 0 Å². The monoisotopic (exact) mass is 491 g/mol. The number of carbonyl (C=O) groups is 1. The quantitative estimate of drug-likeness (QED) is 0.522. The molecular weight excluding hydrogens is 469 g/mol. The summed E-state index contributed by atoms with van der Waals surface area (Å²) >= 11 is 0. The Morgan fingerprint density at radius 3 is 2.09 bits per heavy atom. The van der Waals surface area contributed by atoms with Gasteiger partial charge in [0.25, 0.3) is 10.0 Å². The van der Waals surface area contributed by atoms with Crippen molar-refractivity contribution in [3.63, 3.8) is 0 Å². The van der Waals surface area contributed by atoms with E-state index >= 15 is 0 Å². The lowest BCUT2D eigenvalue weighted by Gasteiger charge is -2.24. The molecule has 1 N–H and O–H groups in total. The average molecular weight is 492 g/mol. The second-order valence-corrected chi connectivity index (χ2v) is 11.0. The summed E-state index contributed by atoms with van der Waals surface area (Å²) in [4.78, 5) is 12.6. The predicted octanol–water partition coefficient (Wildman–Crippen LogP) is 3.06. The summed E-state index contributed by atoms with van der Waals surface area (Å²) < 4.78 is 65.3. The number of rotatable bonds is 8. The topological polar surface area (TPSA) is 104 Å². The van der Waals surface area contributed by atoms with E-state index in [0.29, 0.717) is 11.4 Å². The Labute approximate surface area is 192 Å². The third kappa shape index (κ3) is 5.88. The van der Waals surface area contributed by atoms with Crippen molar-refractivity contribution in [2.75, 3.05) is 33.8 Å². The normalized spacial score (nSPS) is 11.6. The molecule has 8 nitrogen and oxygen atoms in total. The van der Waals surface area contributed by atoms with Crippen LogP contribution in [0.3, 0.4) is 0 Å². The maximum absolute atomic E-state index is 13.3. The van der Waals surface area contributed by atoms with Gasteiger partial charge < -0.3 is 5.32 Å². The van der Waals surface area contributed by atoms with Gasteiger partial charge in [0.1, 0.15) is 12.4 Å². The Hall–Kier alpha value is -3.44. The number of nitrogens with one attached hydrogen (secondary N) is 1. The van der Waals surface area contributed by atoms with E-state index in [2.05, 4.69) is 5.32 Å². The van der Waals surface area contributed by atoms with Crippen LogP contribution in [0.25, 0.3) is 0 Å². The highest BCUT2D eigenvalue weighted by atomic mass is 32.2. The summed E-state index contributed by atoms with van der Waals surface area (Å²) in [7, 11) is -6.31. The highest BCUT2D eigenvalue weighted by molar-refractivity contribution is 7.93. The lowest BCUT2D eigenvalue weighted by atomic mass is 10.2. The molecule has 0 atom stereocenters. The van der Waals surface area contributed by atoms with Gasteiger partial charge in [0.05, 0.1) is 22.5 Å². The van der Waals surface area contributed by atoms with E-state index in [1.54, 1.807) is 36.4 Å². The number of carbonyl (C=O) groups excluding carboxylic acids is 1. The van der Waals surface area contributed by atoms with Gasteiger partial charge in [-0.05, 0) is 54.6 Å². The first-order valence-electron chi connectivity index (χ1n) is 9.65. The minimum atomic E-state index is -4.18. The number of benzene rings is 3. The molecule has 0 fully saturated rings. The molecule has 0 spiro atoms. The number of sulfonamides is 2. The molecule has 1 amide bonds. The summed E-state index contributed by atoms with van der Waals surface area (Å²) in [6, 6.07) is 18.5. The smallest absolute Gasteiger partial charge is 0.264 e. The van der Waals surface area contributed by atoms with Gasteiger partial charge in [-0.25, -0.2) is 21.2 Å². The van der Waals surface area contributed by atoms with Gasteiger partial charge in [-0.2, -0.15) is 0 Å². The molecular formula is C22H22FN3O5S2. The Kier molecular flexibility index (Phi) is 7.04. The molecule has 3 aromatic carbocycles. The van der Waals surface area contributed by atoms with Crippen molar-refractivity contribution in [3.8, 4) is 0 Å². The number of amides is 1. The molecule has 33 heavy (non-hydrogen) atoms. The Morgan fingerprint density at radius 2 is 1.48 bits per heavy atom.